The molecule has 3 rings (SSSR count). The molecule has 0 amide bonds. The second-order valence-corrected chi connectivity index (χ2v) is 9.11. The lowest BCUT2D eigenvalue weighted by atomic mass is 9.79. The van der Waals surface area contributed by atoms with Crippen LogP contribution in [0, 0.1) is 5.92 Å². The minimum absolute atomic E-state index is 0.0869. The van der Waals surface area contributed by atoms with E-state index in [0.717, 1.165) is 12.1 Å². The number of nitrogens with one attached hydrogen (secondary N) is 1. The van der Waals surface area contributed by atoms with Crippen molar-refractivity contribution in [1.29, 1.82) is 0 Å². The molecule has 0 saturated heterocycles. The van der Waals surface area contributed by atoms with E-state index in [9.17, 15) is 44.6 Å². The van der Waals surface area contributed by atoms with E-state index >= 15 is 0 Å². The minimum atomic E-state index is -4.90. The maximum Gasteiger partial charge on any atom is 0.573 e. The third kappa shape index (κ3) is 10.4. The van der Waals surface area contributed by atoms with E-state index in [1.165, 1.54) is 30.3 Å². The fourth-order valence-corrected chi connectivity index (χ4v) is 4.49. The molecule has 0 aromatic heterocycles. The van der Waals surface area contributed by atoms with Crippen LogP contribution < -0.4 is 14.8 Å². The number of aliphatic hydroxyl groups is 1. The van der Waals surface area contributed by atoms with E-state index in [1.54, 1.807) is 6.07 Å². The quantitative estimate of drug-likeness (QED) is 0.305. The van der Waals surface area contributed by atoms with Gasteiger partial charge in [-0.15, -0.1) is 26.3 Å². The number of rotatable bonds is 10. The molecule has 218 valence electrons. The number of benzene rings is 2. The molecule has 1 aliphatic rings. The first-order valence-corrected chi connectivity index (χ1v) is 11.9. The smallest absolute Gasteiger partial charge is 0.489 e. The lowest BCUT2D eigenvalue weighted by Gasteiger charge is -2.36. The van der Waals surface area contributed by atoms with Gasteiger partial charge in [0, 0.05) is 12.6 Å². The van der Waals surface area contributed by atoms with Crippen molar-refractivity contribution in [2.24, 2.45) is 5.92 Å². The summed E-state index contributed by atoms with van der Waals surface area (Å²) in [6.07, 6.45) is -17.7. The molecule has 0 bridgehead atoms. The molecule has 4 atom stereocenters. The van der Waals surface area contributed by atoms with Crippen molar-refractivity contribution in [1.82, 2.24) is 5.32 Å². The van der Waals surface area contributed by atoms with E-state index in [-0.39, 0.29) is 25.2 Å². The topological polar surface area (TPSA) is 60.0 Å². The molecular formula is C25H26F9NO4. The van der Waals surface area contributed by atoms with Gasteiger partial charge in [-0.3, -0.25) is 4.74 Å². The summed E-state index contributed by atoms with van der Waals surface area (Å²) >= 11 is 0. The van der Waals surface area contributed by atoms with Crippen molar-refractivity contribution >= 4 is 0 Å². The van der Waals surface area contributed by atoms with Crippen LogP contribution in [0.3, 0.4) is 0 Å². The van der Waals surface area contributed by atoms with Gasteiger partial charge in [0.15, 0.2) is 6.10 Å². The molecule has 14 heteroatoms. The van der Waals surface area contributed by atoms with E-state index in [0.29, 0.717) is 24.0 Å². The van der Waals surface area contributed by atoms with E-state index in [2.05, 4.69) is 14.8 Å². The van der Waals surface area contributed by atoms with Crippen LogP contribution in [0.25, 0.3) is 0 Å². The van der Waals surface area contributed by atoms with Crippen LogP contribution in [0.1, 0.15) is 42.9 Å². The molecular weight excluding hydrogens is 549 g/mol. The molecule has 1 aliphatic carbocycles. The Morgan fingerprint density at radius 2 is 1.56 bits per heavy atom. The third-order valence-corrected chi connectivity index (χ3v) is 6.10. The van der Waals surface area contributed by atoms with Gasteiger partial charge in [0.1, 0.15) is 18.1 Å². The molecule has 0 spiro atoms. The standard InChI is InChI=1S/C25H26F9NO4/c26-23(27,28)21(36)13-35-22(17-6-3-9-20(12-17)39-25(32,33)34)16-5-2-7-18(11-16)37-14-15-4-1-8-19(10-15)38-24(29,30)31/h1-2,4-5,7-8,10-11,17,20-22,35-36H,3,6,9,12-14H2. The normalized spacial score (nSPS) is 20.4. The van der Waals surface area contributed by atoms with Crippen molar-refractivity contribution in [3.05, 3.63) is 59.7 Å². The van der Waals surface area contributed by atoms with Crippen molar-refractivity contribution in [3.8, 4) is 11.5 Å². The molecule has 2 N–H and O–H groups in total. The summed E-state index contributed by atoms with van der Waals surface area (Å²) in [6.45, 7) is -1.07. The second-order valence-electron chi connectivity index (χ2n) is 9.11. The molecule has 0 aliphatic heterocycles. The lowest BCUT2D eigenvalue weighted by Crippen LogP contribution is -2.42. The molecule has 1 saturated carbocycles. The Kier molecular flexibility index (Phi) is 9.99. The van der Waals surface area contributed by atoms with Crippen molar-refractivity contribution in [2.75, 3.05) is 6.54 Å². The molecule has 4 unspecified atom stereocenters. The van der Waals surface area contributed by atoms with Gasteiger partial charge in [0.2, 0.25) is 0 Å². The van der Waals surface area contributed by atoms with Crippen molar-refractivity contribution in [3.63, 3.8) is 0 Å². The van der Waals surface area contributed by atoms with Crippen LogP contribution in [-0.4, -0.2) is 42.8 Å². The monoisotopic (exact) mass is 575 g/mol. The van der Waals surface area contributed by atoms with E-state index in [4.69, 9.17) is 4.74 Å². The molecule has 5 nitrogen and oxygen atoms in total. The van der Waals surface area contributed by atoms with Crippen LogP contribution in [0.15, 0.2) is 48.5 Å². The summed E-state index contributed by atoms with van der Waals surface area (Å²) in [7, 11) is 0. The first kappa shape index (κ1) is 30.8. The van der Waals surface area contributed by atoms with E-state index in [1.807, 2.05) is 0 Å². The highest BCUT2D eigenvalue weighted by molar-refractivity contribution is 5.33. The fraction of sp³-hybridized carbons (Fsp3) is 0.520. The van der Waals surface area contributed by atoms with Gasteiger partial charge in [-0.05, 0) is 60.6 Å². The average molecular weight is 575 g/mol. The van der Waals surface area contributed by atoms with Crippen LogP contribution >= 0.6 is 0 Å². The summed E-state index contributed by atoms with van der Waals surface area (Å²) < 4.78 is 128. The Morgan fingerprint density at radius 3 is 2.23 bits per heavy atom. The average Bonchev–Trinajstić information content (AvgIpc) is 2.81. The third-order valence-electron chi connectivity index (χ3n) is 6.10. The minimum Gasteiger partial charge on any atom is -0.489 e. The molecule has 2 aromatic rings. The zero-order valence-corrected chi connectivity index (χ0v) is 20.2. The van der Waals surface area contributed by atoms with Crippen LogP contribution in [0.4, 0.5) is 39.5 Å². The highest BCUT2D eigenvalue weighted by Crippen LogP contribution is 2.39. The maximum atomic E-state index is 12.9. The van der Waals surface area contributed by atoms with Crippen molar-refractivity contribution < 1.29 is 58.8 Å². The summed E-state index contributed by atoms with van der Waals surface area (Å²) in [6, 6.07) is 10.3. The summed E-state index contributed by atoms with van der Waals surface area (Å²) in [5.41, 5.74) is 0.734. The molecule has 0 heterocycles. The number of ether oxygens (including phenoxy) is 3. The summed E-state index contributed by atoms with van der Waals surface area (Å²) in [5.74, 6) is -0.785. The first-order valence-electron chi connectivity index (χ1n) is 11.9. The molecule has 1 fully saturated rings. The Morgan fingerprint density at radius 1 is 0.872 bits per heavy atom. The summed E-state index contributed by atoms with van der Waals surface area (Å²) in [4.78, 5) is 0. The Bertz CT molecular complexity index is 1060. The lowest BCUT2D eigenvalue weighted by molar-refractivity contribution is -0.346. The number of halogens is 9. The number of hydrogen-bond donors (Lipinski definition) is 2. The van der Waals surface area contributed by atoms with Crippen LogP contribution in [-0.2, 0) is 11.3 Å². The molecule has 39 heavy (non-hydrogen) atoms. The zero-order chi connectivity index (χ0) is 28.8. The van der Waals surface area contributed by atoms with Gasteiger partial charge in [0.05, 0.1) is 6.10 Å². The van der Waals surface area contributed by atoms with Gasteiger partial charge in [-0.1, -0.05) is 30.7 Å². The van der Waals surface area contributed by atoms with Gasteiger partial charge in [-0.25, -0.2) is 0 Å². The van der Waals surface area contributed by atoms with Gasteiger partial charge in [0.25, 0.3) is 0 Å². The SMILES string of the molecule is OC(CNC(c1cccc(OCc2cccc(OC(F)(F)F)c2)c1)C1CCCC(OC(F)(F)F)C1)C(F)(F)F. The van der Waals surface area contributed by atoms with Gasteiger partial charge >= 0.3 is 18.9 Å². The predicted molar refractivity (Wildman–Crippen MR) is 120 cm³/mol. The Balaban J connectivity index is 1.77. The predicted octanol–water partition coefficient (Wildman–Crippen LogP) is 6.81. The largest absolute Gasteiger partial charge is 0.573 e. The molecule has 0 radical (unpaired) electrons. The first-order chi connectivity index (χ1) is 18.1. The Labute approximate surface area is 217 Å². The second kappa shape index (κ2) is 12.6. The molecule has 2 aromatic carbocycles. The zero-order valence-electron chi connectivity index (χ0n) is 20.2. The number of hydrogen-bond acceptors (Lipinski definition) is 5. The van der Waals surface area contributed by atoms with Crippen LogP contribution in [0.5, 0.6) is 11.5 Å². The van der Waals surface area contributed by atoms with Gasteiger partial charge in [-0.2, -0.15) is 13.2 Å². The van der Waals surface area contributed by atoms with Crippen molar-refractivity contribution in [2.45, 2.75) is 69.4 Å². The van der Waals surface area contributed by atoms with Gasteiger partial charge < -0.3 is 19.9 Å². The fourth-order valence-electron chi connectivity index (χ4n) is 4.49. The highest BCUT2D eigenvalue weighted by atomic mass is 19.4. The number of aliphatic hydroxyl groups excluding tert-OH is 1. The van der Waals surface area contributed by atoms with Crippen LogP contribution in [0.2, 0.25) is 0 Å². The highest BCUT2D eigenvalue weighted by Gasteiger charge is 2.41. The van der Waals surface area contributed by atoms with E-state index < -0.39 is 55.4 Å². The number of alkyl halides is 9. The summed E-state index contributed by atoms with van der Waals surface area (Å²) in [5, 5.41) is 12.1. The maximum absolute atomic E-state index is 12.9. The Hall–Kier alpha value is -2.71.